The summed E-state index contributed by atoms with van der Waals surface area (Å²) in [6.45, 7) is 4.54. The second-order valence-electron chi connectivity index (χ2n) is 6.79. The number of nitrogen functional groups attached to an aromatic ring is 1. The van der Waals surface area contributed by atoms with Crippen LogP contribution in [0.25, 0.3) is 0 Å². The first-order valence-electron chi connectivity index (χ1n) is 8.96. The number of piperidine rings is 2. The number of aliphatic carboxylic acids is 1. The molecular weight excluding hydrogens is 306 g/mol. The van der Waals surface area contributed by atoms with E-state index in [1.54, 1.807) is 6.33 Å². The molecule has 7 nitrogen and oxygen atoms in total. The van der Waals surface area contributed by atoms with Crippen molar-refractivity contribution in [1.82, 2.24) is 9.97 Å². The lowest BCUT2D eigenvalue weighted by Gasteiger charge is -2.38. The highest BCUT2D eigenvalue weighted by Crippen LogP contribution is 2.35. The summed E-state index contributed by atoms with van der Waals surface area (Å²) < 4.78 is 0. The van der Waals surface area contributed by atoms with Crippen molar-refractivity contribution in [3.8, 4) is 0 Å². The molecule has 0 bridgehead atoms. The topological polar surface area (TPSA) is 95.6 Å². The second-order valence-corrected chi connectivity index (χ2v) is 6.79. The monoisotopic (exact) mass is 333 g/mol. The van der Waals surface area contributed by atoms with E-state index in [0.29, 0.717) is 37.7 Å². The minimum atomic E-state index is -0.704. The quantitative estimate of drug-likeness (QED) is 0.871. The number of anilines is 3. The highest BCUT2D eigenvalue weighted by molar-refractivity contribution is 5.76. The first-order valence-corrected chi connectivity index (χ1v) is 8.96. The molecule has 1 aromatic heterocycles. The molecule has 0 aliphatic carbocycles. The highest BCUT2D eigenvalue weighted by atomic mass is 16.4. The Kier molecular flexibility index (Phi) is 5.06. The third-order valence-electron chi connectivity index (χ3n) is 5.36. The molecule has 2 aliphatic rings. The fraction of sp³-hybridized carbons (Fsp3) is 0.706. The lowest BCUT2D eigenvalue weighted by atomic mass is 9.97. The standard InChI is InChI=1S/C17H27N5O2/c1-2-13-5-3-4-8-22(13)16-14(18)15(19-11-20-16)21-9-6-12(7-10-21)17(23)24/h11-13H,2-10,18H2,1H3,(H,23,24). The van der Waals surface area contributed by atoms with Gasteiger partial charge in [0.25, 0.3) is 0 Å². The van der Waals surface area contributed by atoms with Gasteiger partial charge < -0.3 is 20.6 Å². The third-order valence-corrected chi connectivity index (χ3v) is 5.36. The molecule has 3 N–H and O–H groups in total. The molecule has 2 fully saturated rings. The summed E-state index contributed by atoms with van der Waals surface area (Å²) in [5, 5.41) is 9.14. The van der Waals surface area contributed by atoms with Crippen molar-refractivity contribution in [2.24, 2.45) is 5.92 Å². The van der Waals surface area contributed by atoms with Crippen molar-refractivity contribution in [1.29, 1.82) is 0 Å². The Balaban J connectivity index is 1.80. The van der Waals surface area contributed by atoms with Gasteiger partial charge in [-0.05, 0) is 38.5 Å². The van der Waals surface area contributed by atoms with Crippen molar-refractivity contribution in [3.63, 3.8) is 0 Å². The van der Waals surface area contributed by atoms with E-state index >= 15 is 0 Å². The number of nitrogens with two attached hydrogens (primary N) is 1. The smallest absolute Gasteiger partial charge is 0.306 e. The van der Waals surface area contributed by atoms with Crippen molar-refractivity contribution in [3.05, 3.63) is 6.33 Å². The van der Waals surface area contributed by atoms with E-state index in [-0.39, 0.29) is 5.92 Å². The van der Waals surface area contributed by atoms with Crippen LogP contribution in [-0.2, 0) is 4.79 Å². The van der Waals surface area contributed by atoms with Gasteiger partial charge in [-0.2, -0.15) is 0 Å². The number of hydrogen-bond acceptors (Lipinski definition) is 6. The van der Waals surface area contributed by atoms with E-state index in [1.165, 1.54) is 19.3 Å². The minimum Gasteiger partial charge on any atom is -0.481 e. The van der Waals surface area contributed by atoms with Crippen LogP contribution in [0, 0.1) is 5.92 Å². The predicted molar refractivity (Wildman–Crippen MR) is 94.3 cm³/mol. The van der Waals surface area contributed by atoms with Gasteiger partial charge in [-0.1, -0.05) is 6.92 Å². The van der Waals surface area contributed by atoms with E-state index in [1.807, 2.05) is 0 Å². The lowest BCUT2D eigenvalue weighted by Crippen LogP contribution is -2.41. The van der Waals surface area contributed by atoms with Gasteiger partial charge in [0, 0.05) is 25.7 Å². The molecule has 2 aliphatic heterocycles. The number of rotatable bonds is 4. The zero-order chi connectivity index (χ0) is 17.1. The summed E-state index contributed by atoms with van der Waals surface area (Å²) in [5.74, 6) is 0.636. The normalized spacial score (nSPS) is 22.6. The molecule has 24 heavy (non-hydrogen) atoms. The molecule has 1 unspecified atom stereocenters. The Hall–Kier alpha value is -2.05. The summed E-state index contributed by atoms with van der Waals surface area (Å²) in [6, 6.07) is 0.488. The van der Waals surface area contributed by atoms with Gasteiger partial charge in [0.15, 0.2) is 11.6 Å². The summed E-state index contributed by atoms with van der Waals surface area (Å²) in [5.41, 5.74) is 7.06. The van der Waals surface area contributed by atoms with Crippen LogP contribution in [-0.4, -0.2) is 46.7 Å². The highest BCUT2D eigenvalue weighted by Gasteiger charge is 2.29. The summed E-state index contributed by atoms with van der Waals surface area (Å²) in [7, 11) is 0. The Morgan fingerprint density at radius 3 is 2.58 bits per heavy atom. The molecule has 0 aromatic carbocycles. The van der Waals surface area contributed by atoms with Crippen LogP contribution in [0.1, 0.15) is 45.4 Å². The van der Waals surface area contributed by atoms with Gasteiger partial charge in [0.05, 0.1) is 5.92 Å². The third kappa shape index (κ3) is 3.25. The average molecular weight is 333 g/mol. The molecule has 0 amide bonds. The minimum absolute atomic E-state index is 0.254. The SMILES string of the molecule is CCC1CCCCN1c1ncnc(N2CCC(C(=O)O)CC2)c1N. The van der Waals surface area contributed by atoms with E-state index in [0.717, 1.165) is 24.6 Å². The van der Waals surface area contributed by atoms with Crippen molar-refractivity contribution >= 4 is 23.3 Å². The van der Waals surface area contributed by atoms with Gasteiger partial charge >= 0.3 is 5.97 Å². The van der Waals surface area contributed by atoms with Crippen molar-refractivity contribution in [2.75, 3.05) is 35.2 Å². The molecular formula is C17H27N5O2. The number of carbonyl (C=O) groups is 1. The number of hydrogen-bond donors (Lipinski definition) is 2. The Morgan fingerprint density at radius 2 is 1.92 bits per heavy atom. The van der Waals surface area contributed by atoms with Crippen LogP contribution in [0.5, 0.6) is 0 Å². The zero-order valence-corrected chi connectivity index (χ0v) is 14.3. The zero-order valence-electron chi connectivity index (χ0n) is 14.3. The van der Waals surface area contributed by atoms with Gasteiger partial charge in [0.1, 0.15) is 12.0 Å². The Bertz CT molecular complexity index is 586. The maximum absolute atomic E-state index is 11.1. The summed E-state index contributed by atoms with van der Waals surface area (Å²) >= 11 is 0. The fourth-order valence-corrected chi connectivity index (χ4v) is 3.90. The fourth-order valence-electron chi connectivity index (χ4n) is 3.90. The van der Waals surface area contributed by atoms with Crippen molar-refractivity contribution < 1.29 is 9.90 Å². The number of carboxylic acids is 1. The molecule has 2 saturated heterocycles. The summed E-state index contributed by atoms with van der Waals surface area (Å²) in [4.78, 5) is 24.4. The number of aromatic nitrogens is 2. The summed E-state index contributed by atoms with van der Waals surface area (Å²) in [6.07, 6.45) is 7.55. The van der Waals surface area contributed by atoms with Crippen LogP contribution in [0.2, 0.25) is 0 Å². The van der Waals surface area contributed by atoms with Crippen LogP contribution < -0.4 is 15.5 Å². The molecule has 3 heterocycles. The molecule has 1 aromatic rings. The van der Waals surface area contributed by atoms with E-state index < -0.39 is 5.97 Å². The van der Waals surface area contributed by atoms with E-state index in [4.69, 9.17) is 10.8 Å². The van der Waals surface area contributed by atoms with Gasteiger partial charge in [-0.25, -0.2) is 9.97 Å². The number of carboxylic acid groups (broad SMARTS) is 1. The molecule has 7 heteroatoms. The van der Waals surface area contributed by atoms with E-state index in [9.17, 15) is 4.79 Å². The van der Waals surface area contributed by atoms with E-state index in [2.05, 4.69) is 26.7 Å². The molecule has 0 saturated carbocycles. The molecule has 3 rings (SSSR count). The van der Waals surface area contributed by atoms with Crippen LogP contribution >= 0.6 is 0 Å². The van der Waals surface area contributed by atoms with Gasteiger partial charge in [0.2, 0.25) is 0 Å². The van der Waals surface area contributed by atoms with Gasteiger partial charge in [-0.15, -0.1) is 0 Å². The van der Waals surface area contributed by atoms with Gasteiger partial charge in [-0.3, -0.25) is 4.79 Å². The second kappa shape index (κ2) is 7.23. The molecule has 0 spiro atoms. The van der Waals surface area contributed by atoms with Crippen LogP contribution in [0.15, 0.2) is 6.33 Å². The maximum atomic E-state index is 11.1. The van der Waals surface area contributed by atoms with Crippen LogP contribution in [0.3, 0.4) is 0 Å². The average Bonchev–Trinajstić information content (AvgIpc) is 2.62. The van der Waals surface area contributed by atoms with Crippen molar-refractivity contribution in [2.45, 2.75) is 51.5 Å². The first kappa shape index (κ1) is 16.8. The molecule has 0 radical (unpaired) electrons. The predicted octanol–water partition coefficient (Wildman–Crippen LogP) is 2.13. The lowest BCUT2D eigenvalue weighted by molar-refractivity contribution is -0.142. The molecule has 1 atom stereocenters. The maximum Gasteiger partial charge on any atom is 0.306 e. The Morgan fingerprint density at radius 1 is 1.21 bits per heavy atom. The molecule has 132 valence electrons. The first-order chi connectivity index (χ1) is 11.6. The Labute approximate surface area is 142 Å². The van der Waals surface area contributed by atoms with Crippen LogP contribution in [0.4, 0.5) is 17.3 Å². The largest absolute Gasteiger partial charge is 0.481 e. The number of nitrogens with zero attached hydrogens (tertiary/aromatic N) is 4.